The molecule has 3 heteroatoms. The predicted octanol–water partition coefficient (Wildman–Crippen LogP) is 3.76. The Labute approximate surface area is 117 Å². The number of methoxy groups -OCH3 is 1. The van der Waals surface area contributed by atoms with Crippen LogP contribution in [-0.4, -0.2) is 20.3 Å². The van der Waals surface area contributed by atoms with Crippen LogP contribution in [0.5, 0.6) is 11.5 Å². The van der Waals surface area contributed by atoms with E-state index in [1.807, 2.05) is 13.0 Å². The van der Waals surface area contributed by atoms with Crippen LogP contribution < -0.4 is 14.8 Å². The molecule has 1 rings (SSSR count). The molecule has 0 aromatic heterocycles. The summed E-state index contributed by atoms with van der Waals surface area (Å²) in [6.45, 7) is 6.84. The third-order valence-electron chi connectivity index (χ3n) is 3.06. The van der Waals surface area contributed by atoms with Crippen LogP contribution in [0.3, 0.4) is 0 Å². The zero-order valence-corrected chi connectivity index (χ0v) is 12.5. The van der Waals surface area contributed by atoms with Crippen LogP contribution in [0.15, 0.2) is 18.2 Å². The molecule has 0 aliphatic heterocycles. The maximum absolute atomic E-state index is 5.58. The highest BCUT2D eigenvalue weighted by Gasteiger charge is 2.04. The minimum absolute atomic E-state index is 0.657. The van der Waals surface area contributed by atoms with Gasteiger partial charge in [-0.1, -0.05) is 32.3 Å². The van der Waals surface area contributed by atoms with Gasteiger partial charge in [0.1, 0.15) is 0 Å². The zero-order chi connectivity index (χ0) is 13.9. The van der Waals surface area contributed by atoms with Crippen LogP contribution in [0, 0.1) is 0 Å². The standard InChI is InChI=1S/C16H27NO2/c1-4-6-7-8-11-17-13-14-9-10-15(18-3)16(12-14)19-5-2/h9-10,12,17H,4-8,11,13H2,1-3H3. The van der Waals surface area contributed by atoms with Gasteiger partial charge in [-0.05, 0) is 37.6 Å². The van der Waals surface area contributed by atoms with Gasteiger partial charge in [-0.3, -0.25) is 0 Å². The number of benzene rings is 1. The molecule has 0 aliphatic rings. The van der Waals surface area contributed by atoms with Gasteiger partial charge < -0.3 is 14.8 Å². The molecule has 1 N–H and O–H groups in total. The van der Waals surface area contributed by atoms with Gasteiger partial charge in [0.15, 0.2) is 11.5 Å². The summed E-state index contributed by atoms with van der Waals surface area (Å²) in [4.78, 5) is 0. The molecule has 0 spiro atoms. The SMILES string of the molecule is CCCCCCNCc1ccc(OC)c(OCC)c1. The Morgan fingerprint density at radius 2 is 1.89 bits per heavy atom. The van der Waals surface area contributed by atoms with E-state index in [9.17, 15) is 0 Å². The molecule has 0 bridgehead atoms. The maximum Gasteiger partial charge on any atom is 0.161 e. The fourth-order valence-corrected chi connectivity index (χ4v) is 2.01. The number of hydrogen-bond acceptors (Lipinski definition) is 3. The number of hydrogen-bond donors (Lipinski definition) is 1. The highest BCUT2D eigenvalue weighted by molar-refractivity contribution is 5.42. The lowest BCUT2D eigenvalue weighted by molar-refractivity contribution is 0.310. The van der Waals surface area contributed by atoms with E-state index in [1.165, 1.54) is 31.2 Å². The Bertz CT molecular complexity index is 353. The van der Waals surface area contributed by atoms with Gasteiger partial charge in [-0.2, -0.15) is 0 Å². The van der Waals surface area contributed by atoms with E-state index in [0.29, 0.717) is 6.61 Å². The fourth-order valence-electron chi connectivity index (χ4n) is 2.01. The average molecular weight is 265 g/mol. The molecule has 108 valence electrons. The highest BCUT2D eigenvalue weighted by atomic mass is 16.5. The smallest absolute Gasteiger partial charge is 0.161 e. The number of ether oxygens (including phenoxy) is 2. The fraction of sp³-hybridized carbons (Fsp3) is 0.625. The van der Waals surface area contributed by atoms with Crippen molar-refractivity contribution in [3.05, 3.63) is 23.8 Å². The van der Waals surface area contributed by atoms with Crippen molar-refractivity contribution in [2.45, 2.75) is 46.1 Å². The molecular formula is C16H27NO2. The quantitative estimate of drug-likeness (QED) is 0.653. The van der Waals surface area contributed by atoms with Crippen LogP contribution in [0.25, 0.3) is 0 Å². The van der Waals surface area contributed by atoms with Crippen LogP contribution >= 0.6 is 0 Å². The monoisotopic (exact) mass is 265 g/mol. The molecule has 0 atom stereocenters. The largest absolute Gasteiger partial charge is 0.493 e. The first-order valence-electron chi connectivity index (χ1n) is 7.32. The van der Waals surface area contributed by atoms with Gasteiger partial charge in [0.2, 0.25) is 0 Å². The van der Waals surface area contributed by atoms with Crippen LogP contribution in [0.2, 0.25) is 0 Å². The first-order chi connectivity index (χ1) is 9.31. The normalized spacial score (nSPS) is 10.5. The Morgan fingerprint density at radius 3 is 2.58 bits per heavy atom. The summed E-state index contributed by atoms with van der Waals surface area (Å²) >= 11 is 0. The summed E-state index contributed by atoms with van der Waals surface area (Å²) in [5.74, 6) is 1.63. The molecule has 0 radical (unpaired) electrons. The Kier molecular flexibility index (Phi) is 8.07. The van der Waals surface area contributed by atoms with Gasteiger partial charge in [0.05, 0.1) is 13.7 Å². The second kappa shape index (κ2) is 9.68. The van der Waals surface area contributed by atoms with E-state index in [1.54, 1.807) is 7.11 Å². The first kappa shape index (κ1) is 15.8. The first-order valence-corrected chi connectivity index (χ1v) is 7.32. The molecule has 0 saturated carbocycles. The number of nitrogens with one attached hydrogen (secondary N) is 1. The van der Waals surface area contributed by atoms with Crippen molar-refractivity contribution in [2.75, 3.05) is 20.3 Å². The summed E-state index contributed by atoms with van der Waals surface area (Å²) in [6, 6.07) is 6.11. The van der Waals surface area contributed by atoms with Crippen molar-refractivity contribution in [1.82, 2.24) is 5.32 Å². The Morgan fingerprint density at radius 1 is 1.05 bits per heavy atom. The molecule has 0 fully saturated rings. The minimum Gasteiger partial charge on any atom is -0.493 e. The second-order valence-corrected chi connectivity index (χ2v) is 4.66. The number of unbranched alkanes of at least 4 members (excludes halogenated alkanes) is 3. The van der Waals surface area contributed by atoms with Crippen LogP contribution in [0.1, 0.15) is 45.1 Å². The van der Waals surface area contributed by atoms with Crippen molar-refractivity contribution < 1.29 is 9.47 Å². The van der Waals surface area contributed by atoms with E-state index >= 15 is 0 Å². The zero-order valence-electron chi connectivity index (χ0n) is 12.5. The third kappa shape index (κ3) is 5.97. The molecule has 0 amide bonds. The van der Waals surface area contributed by atoms with E-state index in [-0.39, 0.29) is 0 Å². The van der Waals surface area contributed by atoms with Crippen LogP contribution in [0.4, 0.5) is 0 Å². The Balaban J connectivity index is 2.39. The summed E-state index contributed by atoms with van der Waals surface area (Å²) in [5, 5.41) is 3.47. The van der Waals surface area contributed by atoms with Crippen molar-refractivity contribution in [3.8, 4) is 11.5 Å². The van der Waals surface area contributed by atoms with Crippen molar-refractivity contribution in [2.24, 2.45) is 0 Å². The molecule has 1 aromatic rings. The molecular weight excluding hydrogens is 238 g/mol. The number of rotatable bonds is 10. The summed E-state index contributed by atoms with van der Waals surface area (Å²) < 4.78 is 10.9. The lowest BCUT2D eigenvalue weighted by atomic mass is 10.2. The maximum atomic E-state index is 5.58. The van der Waals surface area contributed by atoms with Crippen molar-refractivity contribution in [1.29, 1.82) is 0 Å². The van der Waals surface area contributed by atoms with Gasteiger partial charge in [0, 0.05) is 6.54 Å². The molecule has 0 saturated heterocycles. The molecule has 0 heterocycles. The Hall–Kier alpha value is -1.22. The van der Waals surface area contributed by atoms with Crippen molar-refractivity contribution in [3.63, 3.8) is 0 Å². The molecule has 19 heavy (non-hydrogen) atoms. The predicted molar refractivity (Wildman–Crippen MR) is 80.0 cm³/mol. The lowest BCUT2D eigenvalue weighted by Crippen LogP contribution is -2.14. The lowest BCUT2D eigenvalue weighted by Gasteiger charge is -2.11. The topological polar surface area (TPSA) is 30.5 Å². The molecule has 1 aromatic carbocycles. The van der Waals surface area contributed by atoms with E-state index < -0.39 is 0 Å². The second-order valence-electron chi connectivity index (χ2n) is 4.66. The molecule has 0 unspecified atom stereocenters. The van der Waals surface area contributed by atoms with E-state index in [0.717, 1.165) is 24.6 Å². The molecule has 0 aliphatic carbocycles. The summed E-state index contributed by atoms with van der Waals surface area (Å²) in [7, 11) is 1.67. The van der Waals surface area contributed by atoms with Gasteiger partial charge in [0.25, 0.3) is 0 Å². The summed E-state index contributed by atoms with van der Waals surface area (Å²) in [5.41, 5.74) is 1.24. The summed E-state index contributed by atoms with van der Waals surface area (Å²) in [6.07, 6.45) is 5.19. The van der Waals surface area contributed by atoms with Gasteiger partial charge >= 0.3 is 0 Å². The van der Waals surface area contributed by atoms with E-state index in [2.05, 4.69) is 24.4 Å². The minimum atomic E-state index is 0.657. The van der Waals surface area contributed by atoms with Crippen LogP contribution in [-0.2, 0) is 6.54 Å². The highest BCUT2D eigenvalue weighted by Crippen LogP contribution is 2.27. The van der Waals surface area contributed by atoms with Crippen molar-refractivity contribution >= 4 is 0 Å². The molecule has 3 nitrogen and oxygen atoms in total. The van der Waals surface area contributed by atoms with E-state index in [4.69, 9.17) is 9.47 Å². The van der Waals surface area contributed by atoms with Gasteiger partial charge in [-0.25, -0.2) is 0 Å². The third-order valence-corrected chi connectivity index (χ3v) is 3.06. The average Bonchev–Trinajstić information content (AvgIpc) is 2.43. The van der Waals surface area contributed by atoms with Gasteiger partial charge in [-0.15, -0.1) is 0 Å².